The third-order valence-electron chi connectivity index (χ3n) is 5.78. The average molecular weight is 442 g/mol. The monoisotopic (exact) mass is 442 g/mol. The van der Waals surface area contributed by atoms with Crippen LogP contribution in [0.1, 0.15) is 50.5 Å². The predicted octanol–water partition coefficient (Wildman–Crippen LogP) is 3.95. The summed E-state index contributed by atoms with van der Waals surface area (Å²) >= 11 is 0. The molecule has 0 unspecified atom stereocenters. The normalized spacial score (nSPS) is 19.4. The number of para-hydroxylation sites is 1. The molecule has 11 heteroatoms. The Labute approximate surface area is 177 Å². The molecular weight excluding hydrogens is 417 g/mol. The number of carbonyl (C=O) groups excluding carboxylic acids is 2. The minimum atomic E-state index is -4.61. The molecule has 1 saturated carbocycles. The second-order valence-corrected chi connectivity index (χ2v) is 8.14. The van der Waals surface area contributed by atoms with Crippen molar-refractivity contribution in [2.45, 2.75) is 63.2 Å². The first kappa shape index (κ1) is 23.0. The van der Waals surface area contributed by atoms with Crippen LogP contribution in [0.3, 0.4) is 0 Å². The molecule has 1 spiro atoms. The molecule has 170 valence electrons. The van der Waals surface area contributed by atoms with Gasteiger partial charge in [0.2, 0.25) is 0 Å². The average Bonchev–Trinajstić information content (AvgIpc) is 2.89. The van der Waals surface area contributed by atoms with E-state index < -0.39 is 48.3 Å². The second-order valence-electron chi connectivity index (χ2n) is 8.14. The Hall–Kier alpha value is -2.69. The fraction of sp³-hybridized carbons (Fsp3) is 0.600. The zero-order chi connectivity index (χ0) is 22.6. The third-order valence-corrected chi connectivity index (χ3v) is 5.78. The summed E-state index contributed by atoms with van der Waals surface area (Å²) in [5.74, 6) is -0.519. The highest BCUT2D eigenvalue weighted by molar-refractivity contribution is 6.07. The lowest BCUT2D eigenvalue weighted by Gasteiger charge is -2.30. The number of carbonyl (C=O) groups is 2. The Morgan fingerprint density at radius 3 is 2.32 bits per heavy atom. The molecule has 1 aromatic carbocycles. The van der Waals surface area contributed by atoms with Gasteiger partial charge in [-0.25, -0.2) is 9.69 Å². The van der Waals surface area contributed by atoms with Gasteiger partial charge in [-0.1, -0.05) is 50.3 Å². The minimum absolute atomic E-state index is 0.0736. The number of urea groups is 1. The minimum Gasteiger partial charge on any atom is -0.323 e. The number of nitrogens with one attached hydrogen (secondary N) is 1. The lowest BCUT2D eigenvalue weighted by molar-refractivity contribution is -0.385. The topological polar surface area (TPSA) is 95.8 Å². The summed E-state index contributed by atoms with van der Waals surface area (Å²) in [6.07, 6.45) is 0.725. The van der Waals surface area contributed by atoms with Crippen molar-refractivity contribution < 1.29 is 27.7 Å². The molecule has 1 N–H and O–H groups in total. The molecule has 2 fully saturated rings. The van der Waals surface area contributed by atoms with E-state index in [4.69, 9.17) is 0 Å². The van der Waals surface area contributed by atoms with Crippen LogP contribution in [0.25, 0.3) is 0 Å². The Morgan fingerprint density at radius 1 is 1.10 bits per heavy atom. The van der Waals surface area contributed by atoms with Crippen molar-refractivity contribution in [3.8, 4) is 0 Å². The van der Waals surface area contributed by atoms with Crippen molar-refractivity contribution in [2.75, 3.05) is 13.2 Å². The van der Waals surface area contributed by atoms with E-state index in [0.717, 1.165) is 41.9 Å². The van der Waals surface area contributed by atoms with Gasteiger partial charge >= 0.3 is 12.2 Å². The van der Waals surface area contributed by atoms with Gasteiger partial charge < -0.3 is 5.32 Å². The molecule has 1 heterocycles. The maximum atomic E-state index is 13.2. The van der Waals surface area contributed by atoms with Crippen LogP contribution in [-0.2, 0) is 11.3 Å². The number of nitrogens with zero attached hydrogens (tertiary/aromatic N) is 3. The fourth-order valence-corrected chi connectivity index (χ4v) is 4.33. The Morgan fingerprint density at radius 2 is 1.71 bits per heavy atom. The number of halogens is 3. The number of nitro benzene ring substituents is 1. The smallest absolute Gasteiger partial charge is 0.323 e. The number of imide groups is 1. The van der Waals surface area contributed by atoms with Crippen LogP contribution in [0, 0.1) is 10.1 Å². The number of rotatable bonds is 6. The van der Waals surface area contributed by atoms with Crippen LogP contribution in [0.15, 0.2) is 24.3 Å². The first-order valence-corrected chi connectivity index (χ1v) is 10.3. The van der Waals surface area contributed by atoms with Crippen molar-refractivity contribution in [3.05, 3.63) is 39.9 Å². The van der Waals surface area contributed by atoms with Gasteiger partial charge in [0, 0.05) is 18.2 Å². The van der Waals surface area contributed by atoms with Crippen LogP contribution in [0.4, 0.5) is 23.7 Å². The molecule has 2 aliphatic rings. The molecule has 0 radical (unpaired) electrons. The number of hydrogen-bond acceptors (Lipinski definition) is 5. The number of benzene rings is 1. The molecule has 3 amide bonds. The summed E-state index contributed by atoms with van der Waals surface area (Å²) in [5, 5.41) is 14.0. The van der Waals surface area contributed by atoms with Crippen molar-refractivity contribution >= 4 is 17.6 Å². The summed E-state index contributed by atoms with van der Waals surface area (Å²) in [6.45, 7) is -2.44. The van der Waals surface area contributed by atoms with Crippen molar-refractivity contribution in [1.82, 2.24) is 15.1 Å². The van der Waals surface area contributed by atoms with Gasteiger partial charge in [0.25, 0.3) is 11.6 Å². The molecular formula is C20H25F3N4O4. The number of nitro groups is 1. The molecule has 8 nitrogen and oxygen atoms in total. The Balaban J connectivity index is 1.82. The highest BCUT2D eigenvalue weighted by Gasteiger charge is 2.51. The Bertz CT molecular complexity index is 838. The molecule has 31 heavy (non-hydrogen) atoms. The largest absolute Gasteiger partial charge is 0.401 e. The van der Waals surface area contributed by atoms with Crippen LogP contribution < -0.4 is 5.32 Å². The number of amides is 3. The van der Waals surface area contributed by atoms with E-state index >= 15 is 0 Å². The summed E-state index contributed by atoms with van der Waals surface area (Å²) in [4.78, 5) is 37.9. The maximum Gasteiger partial charge on any atom is 0.401 e. The molecule has 1 saturated heterocycles. The van der Waals surface area contributed by atoms with Gasteiger partial charge in [-0.3, -0.25) is 19.8 Å². The molecule has 0 aromatic heterocycles. The van der Waals surface area contributed by atoms with Gasteiger partial charge in [0.05, 0.1) is 18.1 Å². The van der Waals surface area contributed by atoms with E-state index in [1.807, 2.05) is 0 Å². The van der Waals surface area contributed by atoms with E-state index in [-0.39, 0.29) is 11.3 Å². The van der Waals surface area contributed by atoms with Crippen molar-refractivity contribution in [3.63, 3.8) is 0 Å². The van der Waals surface area contributed by atoms with Crippen LogP contribution >= 0.6 is 0 Å². The molecule has 3 rings (SSSR count). The summed E-state index contributed by atoms with van der Waals surface area (Å²) in [5.41, 5.74) is -1.31. The zero-order valence-corrected chi connectivity index (χ0v) is 17.0. The van der Waals surface area contributed by atoms with Gasteiger partial charge in [-0.2, -0.15) is 13.2 Å². The first-order chi connectivity index (χ1) is 14.6. The first-order valence-electron chi connectivity index (χ1n) is 10.3. The summed E-state index contributed by atoms with van der Waals surface area (Å²) < 4.78 is 39.6. The molecule has 1 aliphatic heterocycles. The number of hydrogen-bond donors (Lipinski definition) is 1. The van der Waals surface area contributed by atoms with Gasteiger partial charge in [0.1, 0.15) is 5.54 Å². The zero-order valence-electron chi connectivity index (χ0n) is 17.0. The Kier molecular flexibility index (Phi) is 6.83. The van der Waals surface area contributed by atoms with Crippen molar-refractivity contribution in [1.29, 1.82) is 0 Å². The lowest BCUT2D eigenvalue weighted by Crippen LogP contribution is -2.49. The standard InChI is InChI=1S/C20H25F3N4O4/c21-20(22,23)13-25(12-15-8-4-5-9-16(15)27(30)31)14-26-17(28)19(24-18(26)29)10-6-2-1-3-7-11-19/h4-5,8-9H,1-3,6-7,10-14H2,(H,24,29). The van der Waals surface area contributed by atoms with Crippen LogP contribution in [-0.4, -0.2) is 51.6 Å². The van der Waals surface area contributed by atoms with E-state index in [9.17, 15) is 32.9 Å². The van der Waals surface area contributed by atoms with E-state index in [1.165, 1.54) is 24.3 Å². The fourth-order valence-electron chi connectivity index (χ4n) is 4.33. The van der Waals surface area contributed by atoms with E-state index in [2.05, 4.69) is 5.32 Å². The van der Waals surface area contributed by atoms with E-state index in [0.29, 0.717) is 12.8 Å². The summed E-state index contributed by atoms with van der Waals surface area (Å²) in [7, 11) is 0. The highest BCUT2D eigenvalue weighted by atomic mass is 19.4. The lowest BCUT2D eigenvalue weighted by atomic mass is 9.84. The molecule has 1 aromatic rings. The molecule has 1 aliphatic carbocycles. The SMILES string of the molecule is O=C1NC2(CCCCCCC2)C(=O)N1CN(Cc1ccccc1[N+](=O)[O-])CC(F)(F)F. The van der Waals surface area contributed by atoms with Gasteiger partial charge in [-0.05, 0) is 12.8 Å². The van der Waals surface area contributed by atoms with E-state index in [1.54, 1.807) is 0 Å². The summed E-state index contributed by atoms with van der Waals surface area (Å²) in [6, 6.07) is 4.76. The number of alkyl halides is 3. The van der Waals surface area contributed by atoms with Gasteiger partial charge in [0.15, 0.2) is 0 Å². The van der Waals surface area contributed by atoms with Crippen LogP contribution in [0.2, 0.25) is 0 Å². The molecule has 0 atom stereocenters. The maximum absolute atomic E-state index is 13.2. The predicted molar refractivity (Wildman–Crippen MR) is 105 cm³/mol. The third kappa shape index (κ3) is 5.52. The van der Waals surface area contributed by atoms with Gasteiger partial charge in [-0.15, -0.1) is 0 Å². The highest BCUT2D eigenvalue weighted by Crippen LogP contribution is 2.33. The van der Waals surface area contributed by atoms with Crippen molar-refractivity contribution in [2.24, 2.45) is 0 Å². The quantitative estimate of drug-likeness (QED) is 0.409. The second kappa shape index (κ2) is 9.21. The van der Waals surface area contributed by atoms with Crippen LogP contribution in [0.5, 0.6) is 0 Å². The molecule has 0 bridgehead atoms.